The largest absolute Gasteiger partial charge is 0.508 e. The highest BCUT2D eigenvalue weighted by Crippen LogP contribution is 2.12. The standard InChI is InChI=1S/C15H20O.2C2H6/c1-5-11(2)12(3)6-8-14-10-15(16)9-7-13(14)4;2*1-2/h6-11,16H,4-5H2,1-3H3;2*1-2H3/b12-6-,14-8-;;. The maximum absolute atomic E-state index is 9.39. The zero-order valence-corrected chi connectivity index (χ0v) is 14.3. The molecule has 20 heavy (non-hydrogen) atoms. The Morgan fingerprint density at radius 1 is 1.25 bits per heavy atom. The lowest BCUT2D eigenvalue weighted by molar-refractivity contribution is 0.474. The first-order valence-corrected chi connectivity index (χ1v) is 7.71. The van der Waals surface area contributed by atoms with Crippen molar-refractivity contribution in [1.29, 1.82) is 0 Å². The molecular weight excluding hydrogens is 244 g/mol. The van der Waals surface area contributed by atoms with Crippen LogP contribution >= 0.6 is 0 Å². The number of rotatable bonds is 3. The molecule has 114 valence electrons. The molecule has 1 atom stereocenters. The predicted octanol–water partition coefficient (Wildman–Crippen LogP) is 4.63. The molecule has 0 radical (unpaired) electrons. The van der Waals surface area contributed by atoms with E-state index >= 15 is 0 Å². The van der Waals surface area contributed by atoms with Crippen LogP contribution in [0.15, 0.2) is 29.8 Å². The molecule has 0 bridgehead atoms. The van der Waals surface area contributed by atoms with E-state index in [1.807, 2.05) is 39.8 Å². The molecule has 1 heteroatoms. The average Bonchev–Trinajstić information content (AvgIpc) is 2.51. The number of phenols is 1. The Morgan fingerprint density at radius 3 is 2.30 bits per heavy atom. The van der Waals surface area contributed by atoms with Gasteiger partial charge in [-0.2, -0.15) is 0 Å². The number of allylic oxidation sites excluding steroid dienone is 2. The lowest BCUT2D eigenvalue weighted by Gasteiger charge is -2.06. The van der Waals surface area contributed by atoms with E-state index in [-0.39, 0.29) is 5.75 Å². The second kappa shape index (κ2) is 12.5. The monoisotopic (exact) mass is 276 g/mol. The summed E-state index contributed by atoms with van der Waals surface area (Å²) in [5.74, 6) is 0.884. The van der Waals surface area contributed by atoms with Crippen molar-refractivity contribution < 1.29 is 5.11 Å². The molecule has 0 amide bonds. The van der Waals surface area contributed by atoms with E-state index < -0.39 is 0 Å². The third kappa shape index (κ3) is 7.83. The molecule has 0 aliphatic carbocycles. The van der Waals surface area contributed by atoms with Crippen LogP contribution in [0.25, 0.3) is 12.7 Å². The van der Waals surface area contributed by atoms with E-state index in [1.54, 1.807) is 12.1 Å². The molecule has 0 aromatic heterocycles. The molecule has 0 saturated carbocycles. The van der Waals surface area contributed by atoms with Crippen LogP contribution in [-0.4, -0.2) is 5.11 Å². The van der Waals surface area contributed by atoms with Gasteiger partial charge in [-0.1, -0.05) is 71.9 Å². The first kappa shape index (κ1) is 20.8. The summed E-state index contributed by atoms with van der Waals surface area (Å²) in [6.07, 6.45) is 5.27. The van der Waals surface area contributed by atoms with Gasteiger partial charge in [-0.3, -0.25) is 0 Å². The smallest absolute Gasteiger partial charge is 0.116 e. The normalized spacial score (nSPS) is 12.8. The minimum atomic E-state index is 0.285. The Balaban J connectivity index is 0. The van der Waals surface area contributed by atoms with Crippen LogP contribution in [0.5, 0.6) is 5.75 Å². The molecule has 1 N–H and O–H groups in total. The highest BCUT2D eigenvalue weighted by Gasteiger charge is 1.98. The second-order valence-electron chi connectivity index (χ2n) is 4.27. The quantitative estimate of drug-likeness (QED) is 0.853. The molecule has 0 spiro atoms. The van der Waals surface area contributed by atoms with Gasteiger partial charge >= 0.3 is 0 Å². The highest BCUT2D eigenvalue weighted by molar-refractivity contribution is 5.42. The molecule has 0 aliphatic rings. The molecule has 0 heterocycles. The van der Waals surface area contributed by atoms with Gasteiger partial charge < -0.3 is 5.11 Å². The van der Waals surface area contributed by atoms with Crippen molar-refractivity contribution >= 4 is 12.7 Å². The van der Waals surface area contributed by atoms with Gasteiger partial charge in [0.25, 0.3) is 0 Å². The Morgan fingerprint density at radius 2 is 1.80 bits per heavy atom. The molecule has 1 aromatic rings. The third-order valence-corrected chi connectivity index (χ3v) is 3.04. The Kier molecular flexibility index (Phi) is 13.0. The first-order valence-electron chi connectivity index (χ1n) is 7.71. The van der Waals surface area contributed by atoms with Crippen LogP contribution in [0.2, 0.25) is 0 Å². The van der Waals surface area contributed by atoms with Gasteiger partial charge in [0.1, 0.15) is 5.75 Å². The van der Waals surface area contributed by atoms with E-state index in [0.29, 0.717) is 5.92 Å². The number of hydrogen-bond donors (Lipinski definition) is 1. The van der Waals surface area contributed by atoms with Gasteiger partial charge in [0, 0.05) is 0 Å². The zero-order valence-electron chi connectivity index (χ0n) is 14.3. The van der Waals surface area contributed by atoms with Crippen LogP contribution in [0.3, 0.4) is 0 Å². The van der Waals surface area contributed by atoms with Crippen LogP contribution in [0.1, 0.15) is 54.9 Å². The molecule has 1 rings (SSSR count). The maximum atomic E-state index is 9.39. The SMILES string of the molecule is C=c1ccc(O)c/c1=C/C=C(/C)C(C)CC.CC.CC. The van der Waals surface area contributed by atoms with Gasteiger partial charge in [0.05, 0.1) is 0 Å². The Labute approximate surface area is 125 Å². The lowest BCUT2D eigenvalue weighted by atomic mass is 9.99. The molecule has 1 aromatic carbocycles. The minimum absolute atomic E-state index is 0.285. The van der Waals surface area contributed by atoms with Crippen LogP contribution < -0.4 is 10.4 Å². The number of hydrogen-bond acceptors (Lipinski definition) is 1. The van der Waals surface area contributed by atoms with E-state index in [2.05, 4.69) is 33.4 Å². The highest BCUT2D eigenvalue weighted by atomic mass is 16.3. The topological polar surface area (TPSA) is 20.2 Å². The van der Waals surface area contributed by atoms with Crippen molar-refractivity contribution in [3.05, 3.63) is 40.3 Å². The number of aromatic hydroxyl groups is 1. The van der Waals surface area contributed by atoms with E-state index in [9.17, 15) is 5.11 Å². The first-order chi connectivity index (χ1) is 9.54. The van der Waals surface area contributed by atoms with Crippen LogP contribution in [-0.2, 0) is 0 Å². The fraction of sp³-hybridized carbons (Fsp3) is 0.474. The molecule has 1 nitrogen and oxygen atoms in total. The molecular formula is C19H32O. The van der Waals surface area contributed by atoms with Crippen molar-refractivity contribution in [2.24, 2.45) is 5.92 Å². The van der Waals surface area contributed by atoms with Crippen molar-refractivity contribution in [3.63, 3.8) is 0 Å². The maximum Gasteiger partial charge on any atom is 0.116 e. The van der Waals surface area contributed by atoms with Crippen molar-refractivity contribution in [2.75, 3.05) is 0 Å². The Bertz CT molecular complexity index is 483. The van der Waals surface area contributed by atoms with Crippen LogP contribution in [0.4, 0.5) is 0 Å². The summed E-state index contributed by atoms with van der Waals surface area (Å²) >= 11 is 0. The number of phenolic OH excluding ortho intramolecular Hbond substituents is 1. The van der Waals surface area contributed by atoms with Gasteiger partial charge in [-0.25, -0.2) is 0 Å². The van der Waals surface area contributed by atoms with Crippen molar-refractivity contribution in [3.8, 4) is 5.75 Å². The fourth-order valence-corrected chi connectivity index (χ4v) is 1.44. The zero-order chi connectivity index (χ0) is 16.1. The second-order valence-corrected chi connectivity index (χ2v) is 4.27. The summed E-state index contributed by atoms with van der Waals surface area (Å²) in [7, 11) is 0. The van der Waals surface area contributed by atoms with Crippen LogP contribution in [0, 0.1) is 5.92 Å². The number of benzene rings is 1. The fourth-order valence-electron chi connectivity index (χ4n) is 1.44. The third-order valence-electron chi connectivity index (χ3n) is 3.04. The average molecular weight is 276 g/mol. The van der Waals surface area contributed by atoms with E-state index in [0.717, 1.165) is 16.9 Å². The molecule has 0 saturated heterocycles. The van der Waals surface area contributed by atoms with Gasteiger partial charge in [0.15, 0.2) is 0 Å². The molecule has 0 fully saturated rings. The molecule has 1 unspecified atom stereocenters. The van der Waals surface area contributed by atoms with E-state index in [1.165, 1.54) is 5.57 Å². The molecule has 0 aliphatic heterocycles. The summed E-state index contributed by atoms with van der Waals surface area (Å²) in [6, 6.07) is 5.22. The summed E-state index contributed by atoms with van der Waals surface area (Å²) in [5, 5.41) is 11.3. The van der Waals surface area contributed by atoms with Gasteiger partial charge in [0.2, 0.25) is 0 Å². The summed E-state index contributed by atoms with van der Waals surface area (Å²) in [6.45, 7) is 18.5. The van der Waals surface area contributed by atoms with Gasteiger partial charge in [-0.15, -0.1) is 0 Å². The van der Waals surface area contributed by atoms with Gasteiger partial charge in [-0.05, 0) is 41.8 Å². The summed E-state index contributed by atoms with van der Waals surface area (Å²) in [4.78, 5) is 0. The van der Waals surface area contributed by atoms with Crippen molar-refractivity contribution in [2.45, 2.75) is 54.9 Å². The Hall–Kier alpha value is -1.50. The summed E-state index contributed by atoms with van der Waals surface area (Å²) < 4.78 is 0. The summed E-state index contributed by atoms with van der Waals surface area (Å²) in [5.41, 5.74) is 1.35. The lowest BCUT2D eigenvalue weighted by Crippen LogP contribution is -2.21. The van der Waals surface area contributed by atoms with E-state index in [4.69, 9.17) is 0 Å². The minimum Gasteiger partial charge on any atom is -0.508 e. The van der Waals surface area contributed by atoms with Crippen molar-refractivity contribution in [1.82, 2.24) is 0 Å². The predicted molar refractivity (Wildman–Crippen MR) is 93.3 cm³/mol.